The van der Waals surface area contributed by atoms with Crippen LogP contribution < -0.4 is 0 Å². The summed E-state index contributed by atoms with van der Waals surface area (Å²) in [6.45, 7) is 7.09. The van der Waals surface area contributed by atoms with Gasteiger partial charge >= 0.3 is 0 Å². The number of aliphatic hydroxyl groups is 1. The molecular weight excluding hydrogens is 348 g/mol. The molecule has 0 aromatic carbocycles. The van der Waals surface area contributed by atoms with Gasteiger partial charge in [0.2, 0.25) is 0 Å². The zero-order valence-corrected chi connectivity index (χ0v) is 16.1. The molecule has 0 bridgehead atoms. The van der Waals surface area contributed by atoms with Crippen molar-refractivity contribution in [1.29, 1.82) is 0 Å². The minimum Gasteiger partial charge on any atom is -0.392 e. The number of fused-ring (bicyclic) bond motifs is 5. The number of hydrogen-bond acceptors (Lipinski definition) is 1. The quantitative estimate of drug-likeness (QED) is 0.479. The fraction of sp³-hybridized carbons (Fsp3) is 0.714. The zero-order valence-electron chi connectivity index (χ0n) is 14.6. The molecule has 2 heteroatoms. The Morgan fingerprint density at radius 2 is 2.09 bits per heavy atom. The summed E-state index contributed by atoms with van der Waals surface area (Å²) in [5, 5.41) is 11.4. The standard InChI is InChI=1S/C21H29BrO/c1-4-14-8-10-16-17-11-9-15-7-5-6-12-20(15,3)21(17,22)18(23)13-19(14,16)2/h6-7,9,11-12,14,16-18,23H,4-5,8,10,13H2,1-3H3/t14-,16-,17-,18-,19+,20-,21-/m0/s1. The van der Waals surface area contributed by atoms with Gasteiger partial charge in [-0.3, -0.25) is 0 Å². The maximum Gasteiger partial charge on any atom is 0.0716 e. The number of allylic oxidation sites excluding steroid dienone is 6. The van der Waals surface area contributed by atoms with E-state index >= 15 is 0 Å². The first-order valence-electron chi connectivity index (χ1n) is 9.31. The van der Waals surface area contributed by atoms with Crippen LogP contribution in [0.1, 0.15) is 52.9 Å². The van der Waals surface area contributed by atoms with E-state index < -0.39 is 0 Å². The molecule has 4 aliphatic rings. The average molecular weight is 377 g/mol. The van der Waals surface area contributed by atoms with Gasteiger partial charge in [-0.25, -0.2) is 0 Å². The Kier molecular flexibility index (Phi) is 3.57. The summed E-state index contributed by atoms with van der Waals surface area (Å²) in [5.74, 6) is 1.86. The number of rotatable bonds is 1. The van der Waals surface area contributed by atoms with Crippen LogP contribution in [0.15, 0.2) is 36.0 Å². The van der Waals surface area contributed by atoms with E-state index in [1.807, 2.05) is 0 Å². The summed E-state index contributed by atoms with van der Waals surface area (Å²) in [6.07, 6.45) is 17.3. The highest BCUT2D eigenvalue weighted by atomic mass is 79.9. The van der Waals surface area contributed by atoms with Crippen LogP contribution >= 0.6 is 15.9 Å². The van der Waals surface area contributed by atoms with E-state index in [-0.39, 0.29) is 21.3 Å². The summed E-state index contributed by atoms with van der Waals surface area (Å²) in [6, 6.07) is 0. The van der Waals surface area contributed by atoms with E-state index in [2.05, 4.69) is 67.1 Å². The third-order valence-corrected chi connectivity index (χ3v) is 9.82. The summed E-state index contributed by atoms with van der Waals surface area (Å²) in [4.78, 5) is 0. The molecule has 0 amide bonds. The number of alkyl halides is 1. The summed E-state index contributed by atoms with van der Waals surface area (Å²) in [5.41, 5.74) is 1.56. The lowest BCUT2D eigenvalue weighted by atomic mass is 9.48. The Hall–Kier alpha value is -0.340. The molecule has 0 spiro atoms. The van der Waals surface area contributed by atoms with Gasteiger partial charge in [0.1, 0.15) is 0 Å². The van der Waals surface area contributed by atoms with Crippen LogP contribution in [0.3, 0.4) is 0 Å². The first-order valence-corrected chi connectivity index (χ1v) is 10.1. The van der Waals surface area contributed by atoms with Gasteiger partial charge in [0.25, 0.3) is 0 Å². The molecule has 4 aliphatic carbocycles. The van der Waals surface area contributed by atoms with Gasteiger partial charge in [-0.2, -0.15) is 0 Å². The number of aliphatic hydroxyl groups excluding tert-OH is 1. The van der Waals surface area contributed by atoms with Gasteiger partial charge in [0, 0.05) is 5.41 Å². The molecule has 0 aromatic rings. The zero-order chi connectivity index (χ0) is 16.5. The predicted octanol–water partition coefficient (Wildman–Crippen LogP) is 5.41. The molecule has 0 radical (unpaired) electrons. The Balaban J connectivity index is 1.85. The van der Waals surface area contributed by atoms with E-state index in [4.69, 9.17) is 0 Å². The van der Waals surface area contributed by atoms with E-state index in [0.29, 0.717) is 11.8 Å². The largest absolute Gasteiger partial charge is 0.392 e. The second-order valence-electron chi connectivity index (χ2n) is 8.67. The lowest BCUT2D eigenvalue weighted by Crippen LogP contribution is -2.64. The van der Waals surface area contributed by atoms with Gasteiger partial charge in [-0.15, -0.1) is 0 Å². The molecule has 0 heterocycles. The maximum atomic E-state index is 11.4. The smallest absolute Gasteiger partial charge is 0.0716 e. The monoisotopic (exact) mass is 376 g/mol. The first kappa shape index (κ1) is 16.1. The van der Waals surface area contributed by atoms with E-state index in [1.54, 1.807) is 0 Å². The fourth-order valence-corrected chi connectivity index (χ4v) is 7.57. The molecule has 23 heavy (non-hydrogen) atoms. The van der Waals surface area contributed by atoms with Crippen molar-refractivity contribution >= 4 is 15.9 Å². The third-order valence-electron chi connectivity index (χ3n) is 7.94. The maximum absolute atomic E-state index is 11.4. The first-order chi connectivity index (χ1) is 10.9. The summed E-state index contributed by atoms with van der Waals surface area (Å²) in [7, 11) is 0. The molecule has 2 fully saturated rings. The number of hydrogen-bond donors (Lipinski definition) is 1. The van der Waals surface area contributed by atoms with Crippen molar-refractivity contribution in [3.8, 4) is 0 Å². The Morgan fingerprint density at radius 1 is 1.30 bits per heavy atom. The summed E-state index contributed by atoms with van der Waals surface area (Å²) >= 11 is 4.15. The molecular formula is C21H29BrO. The van der Waals surface area contributed by atoms with Crippen molar-refractivity contribution in [2.75, 3.05) is 0 Å². The van der Waals surface area contributed by atoms with Crippen molar-refractivity contribution in [3.63, 3.8) is 0 Å². The predicted molar refractivity (Wildman–Crippen MR) is 99.5 cm³/mol. The molecule has 1 nitrogen and oxygen atoms in total. The molecule has 0 unspecified atom stereocenters. The van der Waals surface area contributed by atoms with Crippen LogP contribution in [-0.4, -0.2) is 15.5 Å². The van der Waals surface area contributed by atoms with Crippen molar-refractivity contribution < 1.29 is 5.11 Å². The molecule has 2 saturated carbocycles. The lowest BCUT2D eigenvalue weighted by Gasteiger charge is -2.62. The molecule has 0 saturated heterocycles. The van der Waals surface area contributed by atoms with Crippen LogP contribution in [0.25, 0.3) is 0 Å². The van der Waals surface area contributed by atoms with Crippen LogP contribution in [0.4, 0.5) is 0 Å². The molecule has 1 N–H and O–H groups in total. The van der Waals surface area contributed by atoms with Crippen molar-refractivity contribution in [1.82, 2.24) is 0 Å². The van der Waals surface area contributed by atoms with Gasteiger partial charge < -0.3 is 5.11 Å². The highest BCUT2D eigenvalue weighted by Crippen LogP contribution is 2.69. The van der Waals surface area contributed by atoms with E-state index in [1.165, 1.54) is 24.8 Å². The van der Waals surface area contributed by atoms with Crippen molar-refractivity contribution in [2.24, 2.45) is 28.6 Å². The Bertz CT molecular complexity index is 605. The number of halogens is 1. The van der Waals surface area contributed by atoms with Crippen molar-refractivity contribution in [3.05, 3.63) is 36.0 Å². The van der Waals surface area contributed by atoms with Crippen LogP contribution in [0.2, 0.25) is 0 Å². The fourth-order valence-electron chi connectivity index (χ4n) is 6.57. The second kappa shape index (κ2) is 5.08. The minimum absolute atomic E-state index is 0.101. The van der Waals surface area contributed by atoms with Crippen LogP contribution in [0, 0.1) is 28.6 Å². The van der Waals surface area contributed by atoms with Crippen LogP contribution in [-0.2, 0) is 0 Å². The molecule has 126 valence electrons. The molecule has 7 atom stereocenters. The van der Waals surface area contributed by atoms with Gasteiger partial charge in [0.05, 0.1) is 10.4 Å². The van der Waals surface area contributed by atoms with Gasteiger partial charge in [-0.1, -0.05) is 73.5 Å². The highest BCUT2D eigenvalue weighted by Gasteiger charge is 2.66. The second-order valence-corrected chi connectivity index (χ2v) is 9.98. The lowest BCUT2D eigenvalue weighted by molar-refractivity contribution is -0.0685. The van der Waals surface area contributed by atoms with E-state index in [0.717, 1.165) is 18.8 Å². The van der Waals surface area contributed by atoms with Gasteiger partial charge in [-0.05, 0) is 54.4 Å². The van der Waals surface area contributed by atoms with E-state index in [9.17, 15) is 5.11 Å². The molecule has 0 aliphatic heterocycles. The van der Waals surface area contributed by atoms with Crippen LogP contribution in [0.5, 0.6) is 0 Å². The Labute approximate surface area is 149 Å². The average Bonchev–Trinajstić information content (AvgIpc) is 2.84. The summed E-state index contributed by atoms with van der Waals surface area (Å²) < 4.78 is -0.260. The van der Waals surface area contributed by atoms with Crippen molar-refractivity contribution in [2.45, 2.75) is 63.3 Å². The van der Waals surface area contributed by atoms with Gasteiger partial charge in [0.15, 0.2) is 0 Å². The SMILES string of the molecule is CC[C@H]1CC[C@H]2[C@@H]3C=CC4=CCC=C[C@]4(C)[C@@]3(Br)[C@@H](O)C[C@]12C. The minimum atomic E-state index is -0.304. The topological polar surface area (TPSA) is 20.2 Å². The Morgan fingerprint density at radius 3 is 2.83 bits per heavy atom. The highest BCUT2D eigenvalue weighted by molar-refractivity contribution is 9.10. The third kappa shape index (κ3) is 1.83. The molecule has 4 rings (SSSR count). The molecule has 0 aromatic heterocycles. The normalized spacial score (nSPS) is 54.2.